The lowest BCUT2D eigenvalue weighted by atomic mass is 10.1. The van der Waals surface area contributed by atoms with E-state index in [1.54, 1.807) is 45.6 Å². The molecule has 1 N–H and O–H groups in total. The van der Waals surface area contributed by atoms with E-state index in [2.05, 4.69) is 5.32 Å². The molecule has 0 spiro atoms. The summed E-state index contributed by atoms with van der Waals surface area (Å²) in [5.74, 6) is 1.87. The van der Waals surface area contributed by atoms with Crippen LogP contribution >= 0.6 is 0 Å². The van der Waals surface area contributed by atoms with Crippen molar-refractivity contribution in [2.75, 3.05) is 21.3 Å². The molecule has 23 heavy (non-hydrogen) atoms. The van der Waals surface area contributed by atoms with Crippen molar-refractivity contribution in [1.29, 1.82) is 0 Å². The first-order valence-corrected chi connectivity index (χ1v) is 7.26. The predicted octanol–water partition coefficient (Wildman–Crippen LogP) is 3.20. The normalized spacial score (nSPS) is 11.5. The van der Waals surface area contributed by atoms with Crippen LogP contribution in [0.15, 0.2) is 42.5 Å². The minimum atomic E-state index is -0.163. The Bertz CT molecular complexity index is 667. The number of ether oxygens (including phenoxy) is 3. The third-order valence-electron chi connectivity index (χ3n) is 3.61. The molecule has 5 heteroatoms. The van der Waals surface area contributed by atoms with Crippen LogP contribution in [-0.4, -0.2) is 27.2 Å². The van der Waals surface area contributed by atoms with Crippen LogP contribution in [0.1, 0.15) is 28.9 Å². The maximum atomic E-state index is 12.3. The molecule has 122 valence electrons. The quantitative estimate of drug-likeness (QED) is 0.889. The van der Waals surface area contributed by atoms with Gasteiger partial charge in [-0.15, -0.1) is 0 Å². The van der Waals surface area contributed by atoms with Gasteiger partial charge in [0.15, 0.2) is 11.5 Å². The molecule has 0 saturated carbocycles. The minimum Gasteiger partial charge on any atom is -0.497 e. The lowest BCUT2D eigenvalue weighted by Gasteiger charge is -2.16. The first kappa shape index (κ1) is 16.7. The smallest absolute Gasteiger partial charge is 0.251 e. The van der Waals surface area contributed by atoms with Crippen LogP contribution in [-0.2, 0) is 0 Å². The fourth-order valence-corrected chi connectivity index (χ4v) is 2.23. The van der Waals surface area contributed by atoms with Crippen molar-refractivity contribution in [2.24, 2.45) is 0 Å². The Hall–Kier alpha value is -2.69. The van der Waals surface area contributed by atoms with Crippen LogP contribution in [0.5, 0.6) is 17.2 Å². The van der Waals surface area contributed by atoms with Crippen molar-refractivity contribution in [3.05, 3.63) is 53.6 Å². The third-order valence-corrected chi connectivity index (χ3v) is 3.61. The average molecular weight is 315 g/mol. The molecule has 5 nitrogen and oxygen atoms in total. The zero-order chi connectivity index (χ0) is 16.8. The highest BCUT2D eigenvalue weighted by molar-refractivity contribution is 5.94. The summed E-state index contributed by atoms with van der Waals surface area (Å²) in [5.41, 5.74) is 1.52. The Morgan fingerprint density at radius 3 is 2.13 bits per heavy atom. The topological polar surface area (TPSA) is 56.8 Å². The zero-order valence-electron chi connectivity index (χ0n) is 13.8. The minimum absolute atomic E-state index is 0.144. The van der Waals surface area contributed by atoms with E-state index in [0.717, 1.165) is 11.3 Å². The van der Waals surface area contributed by atoms with Crippen molar-refractivity contribution in [3.8, 4) is 17.2 Å². The van der Waals surface area contributed by atoms with E-state index in [-0.39, 0.29) is 11.9 Å². The van der Waals surface area contributed by atoms with E-state index < -0.39 is 0 Å². The summed E-state index contributed by atoms with van der Waals surface area (Å²) in [7, 11) is 4.77. The van der Waals surface area contributed by atoms with Gasteiger partial charge in [0.1, 0.15) is 5.75 Å². The highest BCUT2D eigenvalue weighted by Gasteiger charge is 2.14. The van der Waals surface area contributed by atoms with E-state index >= 15 is 0 Å². The van der Waals surface area contributed by atoms with Crippen molar-refractivity contribution < 1.29 is 19.0 Å². The predicted molar refractivity (Wildman–Crippen MR) is 88.4 cm³/mol. The van der Waals surface area contributed by atoms with Crippen LogP contribution < -0.4 is 19.5 Å². The van der Waals surface area contributed by atoms with Crippen molar-refractivity contribution in [2.45, 2.75) is 13.0 Å². The average Bonchev–Trinajstić information content (AvgIpc) is 2.60. The molecule has 0 aliphatic heterocycles. The highest BCUT2D eigenvalue weighted by atomic mass is 16.5. The molecule has 2 aromatic carbocycles. The number of amides is 1. The number of methoxy groups -OCH3 is 3. The van der Waals surface area contributed by atoms with Crippen LogP contribution in [0.3, 0.4) is 0 Å². The molecular weight excluding hydrogens is 294 g/mol. The Balaban J connectivity index is 2.11. The van der Waals surface area contributed by atoms with Gasteiger partial charge >= 0.3 is 0 Å². The summed E-state index contributed by atoms with van der Waals surface area (Å²) >= 11 is 0. The molecule has 0 fully saturated rings. The van der Waals surface area contributed by atoms with Crippen LogP contribution in [0.4, 0.5) is 0 Å². The van der Waals surface area contributed by atoms with Crippen molar-refractivity contribution in [1.82, 2.24) is 5.32 Å². The van der Waals surface area contributed by atoms with E-state index in [4.69, 9.17) is 14.2 Å². The number of hydrogen-bond acceptors (Lipinski definition) is 4. The van der Waals surface area contributed by atoms with Gasteiger partial charge in [0.2, 0.25) is 0 Å². The maximum absolute atomic E-state index is 12.3. The van der Waals surface area contributed by atoms with Crippen LogP contribution in [0.2, 0.25) is 0 Å². The van der Waals surface area contributed by atoms with E-state index in [9.17, 15) is 4.79 Å². The molecule has 0 radical (unpaired) electrons. The van der Waals surface area contributed by atoms with Crippen molar-refractivity contribution in [3.63, 3.8) is 0 Å². The molecule has 0 aliphatic carbocycles. The second kappa shape index (κ2) is 7.54. The van der Waals surface area contributed by atoms with Crippen LogP contribution in [0.25, 0.3) is 0 Å². The van der Waals surface area contributed by atoms with Gasteiger partial charge in [-0.1, -0.05) is 6.07 Å². The second-order valence-corrected chi connectivity index (χ2v) is 5.04. The van der Waals surface area contributed by atoms with Crippen LogP contribution in [0, 0.1) is 0 Å². The molecule has 0 unspecified atom stereocenters. The molecule has 2 rings (SSSR count). The number of benzene rings is 2. The monoisotopic (exact) mass is 315 g/mol. The molecule has 0 aliphatic rings. The summed E-state index contributed by atoms with van der Waals surface area (Å²) in [6.07, 6.45) is 0. The molecule has 0 saturated heterocycles. The molecule has 0 bridgehead atoms. The first-order chi connectivity index (χ1) is 11.1. The van der Waals surface area contributed by atoms with Crippen molar-refractivity contribution >= 4 is 5.91 Å². The number of carbonyl (C=O) groups excluding carboxylic acids is 1. The summed E-state index contributed by atoms with van der Waals surface area (Å²) in [5, 5.41) is 2.96. The lowest BCUT2D eigenvalue weighted by Crippen LogP contribution is -2.26. The van der Waals surface area contributed by atoms with Gasteiger partial charge in [-0.2, -0.15) is 0 Å². The van der Waals surface area contributed by atoms with Gasteiger partial charge < -0.3 is 19.5 Å². The Morgan fingerprint density at radius 2 is 1.57 bits per heavy atom. The summed E-state index contributed by atoms with van der Waals surface area (Å²) in [4.78, 5) is 12.3. The van der Waals surface area contributed by atoms with Gasteiger partial charge in [-0.05, 0) is 48.9 Å². The van der Waals surface area contributed by atoms with E-state index in [0.29, 0.717) is 17.1 Å². The highest BCUT2D eigenvalue weighted by Crippen LogP contribution is 2.30. The third kappa shape index (κ3) is 3.94. The summed E-state index contributed by atoms with van der Waals surface area (Å²) in [6.45, 7) is 1.92. The SMILES string of the molecule is COc1ccc(C(=O)N[C@H](C)c2ccc(OC)c(OC)c2)cc1. The standard InChI is InChI=1S/C18H21NO4/c1-12(14-7-10-16(22-3)17(11-14)23-4)19-18(20)13-5-8-15(21-2)9-6-13/h5-12H,1-4H3,(H,19,20)/t12-/m1/s1. The molecule has 1 amide bonds. The van der Waals surface area contributed by atoms with E-state index in [1.807, 2.05) is 25.1 Å². The van der Waals surface area contributed by atoms with Gasteiger partial charge in [-0.3, -0.25) is 4.79 Å². The van der Waals surface area contributed by atoms with E-state index in [1.165, 1.54) is 0 Å². The lowest BCUT2D eigenvalue weighted by molar-refractivity contribution is 0.0940. The number of nitrogens with one attached hydrogen (secondary N) is 1. The molecular formula is C18H21NO4. The summed E-state index contributed by atoms with van der Waals surface area (Å²) in [6, 6.07) is 12.4. The Kier molecular flexibility index (Phi) is 5.46. The molecule has 1 atom stereocenters. The van der Waals surface area contributed by atoms with Gasteiger partial charge in [-0.25, -0.2) is 0 Å². The first-order valence-electron chi connectivity index (χ1n) is 7.26. The maximum Gasteiger partial charge on any atom is 0.251 e. The Labute approximate surface area is 136 Å². The fourth-order valence-electron chi connectivity index (χ4n) is 2.23. The van der Waals surface area contributed by atoms with Gasteiger partial charge in [0, 0.05) is 5.56 Å². The zero-order valence-corrected chi connectivity index (χ0v) is 13.8. The van der Waals surface area contributed by atoms with Gasteiger partial charge in [0.25, 0.3) is 5.91 Å². The van der Waals surface area contributed by atoms with Gasteiger partial charge in [0.05, 0.1) is 27.4 Å². The molecule has 0 aromatic heterocycles. The molecule has 2 aromatic rings. The number of rotatable bonds is 6. The second-order valence-electron chi connectivity index (χ2n) is 5.04. The largest absolute Gasteiger partial charge is 0.497 e. The fraction of sp³-hybridized carbons (Fsp3) is 0.278. The number of hydrogen-bond donors (Lipinski definition) is 1. The Morgan fingerprint density at radius 1 is 0.913 bits per heavy atom. The summed E-state index contributed by atoms with van der Waals surface area (Å²) < 4.78 is 15.6. The molecule has 0 heterocycles. The number of carbonyl (C=O) groups is 1.